The van der Waals surface area contributed by atoms with Crippen molar-refractivity contribution in [2.24, 2.45) is 0 Å². The fraction of sp³-hybridized carbons (Fsp3) is 0.269. The Hall–Kier alpha value is -3.34. The number of hydroxylamine groups is 1. The van der Waals surface area contributed by atoms with E-state index in [4.69, 9.17) is 4.74 Å². The van der Waals surface area contributed by atoms with Crippen LogP contribution in [-0.4, -0.2) is 43.2 Å². The number of hydrogen-bond acceptors (Lipinski definition) is 5. The third-order valence-electron chi connectivity index (χ3n) is 5.51. The minimum Gasteiger partial charge on any atom is -0.494 e. The van der Waals surface area contributed by atoms with Gasteiger partial charge >= 0.3 is 0 Å². The van der Waals surface area contributed by atoms with Crippen molar-refractivity contribution < 1.29 is 31.9 Å². The van der Waals surface area contributed by atoms with E-state index in [2.05, 4.69) is 0 Å². The summed E-state index contributed by atoms with van der Waals surface area (Å²) in [4.78, 5) is 12.6. The van der Waals surface area contributed by atoms with Gasteiger partial charge in [0.25, 0.3) is 5.91 Å². The molecule has 0 heterocycles. The van der Waals surface area contributed by atoms with Gasteiger partial charge in [0.1, 0.15) is 17.6 Å². The van der Waals surface area contributed by atoms with Crippen molar-refractivity contribution in [3.05, 3.63) is 95.8 Å². The van der Waals surface area contributed by atoms with Crippen molar-refractivity contribution >= 4 is 15.9 Å². The van der Waals surface area contributed by atoms with Crippen molar-refractivity contribution in [2.75, 3.05) is 13.3 Å². The summed E-state index contributed by atoms with van der Waals surface area (Å²) in [6, 6.07) is 18.4. The highest BCUT2D eigenvalue weighted by Gasteiger charge is 2.36. The molecule has 192 valence electrons. The van der Waals surface area contributed by atoms with E-state index in [0.29, 0.717) is 36.3 Å². The van der Waals surface area contributed by atoms with Crippen LogP contribution in [0, 0.1) is 5.82 Å². The number of hydrogen-bond donors (Lipinski definition) is 2. The third kappa shape index (κ3) is 7.33. The quantitative estimate of drug-likeness (QED) is 0.200. The van der Waals surface area contributed by atoms with Crippen LogP contribution < -0.4 is 10.2 Å². The summed E-state index contributed by atoms with van der Waals surface area (Å²) in [6.45, 7) is -0.381. The highest BCUT2D eigenvalue weighted by atomic mass is 32.2. The lowest BCUT2D eigenvalue weighted by Crippen LogP contribution is -2.49. The number of nitrogens with zero attached hydrogens (tertiary/aromatic N) is 1. The van der Waals surface area contributed by atoms with E-state index in [1.54, 1.807) is 35.8 Å². The van der Waals surface area contributed by atoms with Crippen LogP contribution >= 0.6 is 0 Å². The summed E-state index contributed by atoms with van der Waals surface area (Å²) in [7, 11) is -4.27. The van der Waals surface area contributed by atoms with Crippen LogP contribution in [0.2, 0.25) is 0 Å². The summed E-state index contributed by atoms with van der Waals surface area (Å²) in [6.07, 6.45) is 0.892. The molecule has 0 aliphatic heterocycles. The topological polar surface area (TPSA) is 95.9 Å². The molecule has 0 spiro atoms. The molecule has 0 aliphatic carbocycles. The lowest BCUT2D eigenvalue weighted by Gasteiger charge is -2.30. The highest BCUT2D eigenvalue weighted by Crippen LogP contribution is 2.25. The van der Waals surface area contributed by atoms with Crippen LogP contribution in [0.25, 0.3) is 0 Å². The number of nitrogens with one attached hydrogen (secondary N) is 1. The van der Waals surface area contributed by atoms with Gasteiger partial charge in [0.2, 0.25) is 10.0 Å². The molecule has 0 radical (unpaired) electrons. The van der Waals surface area contributed by atoms with Crippen molar-refractivity contribution in [2.45, 2.75) is 36.7 Å². The number of sulfonamides is 1. The Morgan fingerprint density at radius 3 is 2.22 bits per heavy atom. The number of ether oxygens (including phenoxy) is 1. The first-order valence-corrected chi connectivity index (χ1v) is 12.8. The lowest BCUT2D eigenvalue weighted by molar-refractivity contribution is -0.133. The second kappa shape index (κ2) is 13.1. The third-order valence-corrected chi connectivity index (χ3v) is 7.38. The molecule has 36 heavy (non-hydrogen) atoms. The van der Waals surface area contributed by atoms with Crippen LogP contribution in [0.5, 0.6) is 5.75 Å². The molecule has 0 aromatic heterocycles. The van der Waals surface area contributed by atoms with Gasteiger partial charge in [0.15, 0.2) is 0 Å². The predicted molar refractivity (Wildman–Crippen MR) is 130 cm³/mol. The van der Waals surface area contributed by atoms with Crippen LogP contribution in [0.1, 0.15) is 24.0 Å². The molecule has 1 unspecified atom stereocenters. The van der Waals surface area contributed by atoms with E-state index in [1.165, 1.54) is 48.5 Å². The summed E-state index contributed by atoms with van der Waals surface area (Å²) in [5, 5.41) is 9.42. The Labute approximate surface area is 209 Å². The first-order valence-electron chi connectivity index (χ1n) is 11.4. The fourth-order valence-electron chi connectivity index (χ4n) is 3.60. The maximum atomic E-state index is 13.8. The van der Waals surface area contributed by atoms with Crippen molar-refractivity contribution in [3.63, 3.8) is 0 Å². The second-order valence-electron chi connectivity index (χ2n) is 8.07. The summed E-state index contributed by atoms with van der Waals surface area (Å²) in [5.41, 5.74) is 2.71. The molecule has 1 amide bonds. The zero-order valence-electron chi connectivity index (χ0n) is 19.5. The average Bonchev–Trinajstić information content (AvgIpc) is 2.90. The standard InChI is InChI=1S/C26H28F2N2O5S/c27-16-4-5-17-35-23-12-14-24(15-13-23)36(33,34)30(19-21-8-10-22(28)11-9-21)25(26(31)29-32)18-20-6-2-1-3-7-20/h1-3,6-15,25,32H,4-5,16-19H2,(H,29,31). The first kappa shape index (κ1) is 27.3. The molecule has 0 saturated heterocycles. The Morgan fingerprint density at radius 1 is 0.944 bits per heavy atom. The number of amides is 1. The molecule has 3 aromatic carbocycles. The van der Waals surface area contributed by atoms with E-state index in [1.807, 2.05) is 0 Å². The monoisotopic (exact) mass is 518 g/mol. The smallest absolute Gasteiger partial charge is 0.262 e. The van der Waals surface area contributed by atoms with Crippen molar-refractivity contribution in [1.82, 2.24) is 9.79 Å². The molecule has 2 N–H and O–H groups in total. The van der Waals surface area contributed by atoms with Gasteiger partial charge in [0, 0.05) is 6.54 Å². The van der Waals surface area contributed by atoms with Crippen molar-refractivity contribution in [3.8, 4) is 5.75 Å². The number of carbonyl (C=O) groups is 1. The van der Waals surface area contributed by atoms with E-state index in [9.17, 15) is 27.2 Å². The number of carbonyl (C=O) groups excluding carboxylic acids is 1. The highest BCUT2D eigenvalue weighted by molar-refractivity contribution is 7.89. The second-order valence-corrected chi connectivity index (χ2v) is 9.96. The molecule has 7 nitrogen and oxygen atoms in total. The maximum Gasteiger partial charge on any atom is 0.262 e. The largest absolute Gasteiger partial charge is 0.494 e. The number of alkyl halides is 1. The zero-order valence-corrected chi connectivity index (χ0v) is 20.3. The van der Waals surface area contributed by atoms with E-state index >= 15 is 0 Å². The number of rotatable bonds is 13. The molecule has 1 atom stereocenters. The molecule has 3 rings (SSSR count). The van der Waals surface area contributed by atoms with Gasteiger partial charge in [-0.1, -0.05) is 42.5 Å². The molecular formula is C26H28F2N2O5S. The Kier molecular flexibility index (Phi) is 9.92. The van der Waals surface area contributed by atoms with Crippen molar-refractivity contribution in [1.29, 1.82) is 0 Å². The summed E-state index contributed by atoms with van der Waals surface area (Å²) < 4.78 is 59.8. The summed E-state index contributed by atoms with van der Waals surface area (Å²) in [5.74, 6) is -0.964. The van der Waals surface area contributed by atoms with Gasteiger partial charge in [-0.25, -0.2) is 18.3 Å². The van der Waals surface area contributed by atoms with Gasteiger partial charge in [0.05, 0.1) is 18.2 Å². The summed E-state index contributed by atoms with van der Waals surface area (Å²) >= 11 is 0. The zero-order chi connectivity index (χ0) is 26.0. The SMILES string of the molecule is O=C(NO)C(Cc1ccccc1)N(Cc1ccc(F)cc1)S(=O)(=O)c1ccc(OCCCCF)cc1. The van der Waals surface area contributed by atoms with Gasteiger partial charge < -0.3 is 4.74 Å². The normalized spacial score (nSPS) is 12.3. The molecule has 0 fully saturated rings. The molecule has 0 aliphatic rings. The Morgan fingerprint density at radius 2 is 1.61 bits per heavy atom. The van der Waals surface area contributed by atoms with E-state index in [0.717, 1.165) is 4.31 Å². The number of halogens is 2. The lowest BCUT2D eigenvalue weighted by atomic mass is 10.0. The first-order chi connectivity index (χ1) is 17.3. The van der Waals surface area contributed by atoms with Gasteiger partial charge in [-0.05, 0) is 66.8 Å². The number of benzene rings is 3. The Bertz CT molecular complexity index is 1210. The van der Waals surface area contributed by atoms with Crippen LogP contribution in [0.15, 0.2) is 83.8 Å². The predicted octanol–water partition coefficient (Wildman–Crippen LogP) is 4.26. The van der Waals surface area contributed by atoms with Crippen LogP contribution in [0.3, 0.4) is 0 Å². The van der Waals surface area contributed by atoms with Gasteiger partial charge in [-0.2, -0.15) is 4.31 Å². The Balaban J connectivity index is 1.96. The van der Waals surface area contributed by atoms with Crippen LogP contribution in [0.4, 0.5) is 8.78 Å². The number of unbranched alkanes of at least 4 members (excludes halogenated alkanes) is 1. The van der Waals surface area contributed by atoms with E-state index in [-0.39, 0.29) is 17.9 Å². The minimum absolute atomic E-state index is 0.0105. The van der Waals surface area contributed by atoms with Crippen LogP contribution in [-0.2, 0) is 27.8 Å². The van der Waals surface area contributed by atoms with Gasteiger partial charge in [-0.3, -0.25) is 14.4 Å². The minimum atomic E-state index is -4.27. The van der Waals surface area contributed by atoms with E-state index < -0.39 is 34.5 Å². The average molecular weight is 519 g/mol. The molecular weight excluding hydrogens is 490 g/mol. The fourth-order valence-corrected chi connectivity index (χ4v) is 5.17. The maximum absolute atomic E-state index is 13.8. The molecule has 0 bridgehead atoms. The van der Waals surface area contributed by atoms with Gasteiger partial charge in [-0.15, -0.1) is 0 Å². The molecule has 10 heteroatoms. The molecule has 3 aromatic rings. The molecule has 0 saturated carbocycles.